The van der Waals surface area contributed by atoms with E-state index in [0.29, 0.717) is 5.92 Å². The SMILES string of the molecule is C=C/C=C/N(CC(C)C)C[C@@H](C)OC. The molecule has 0 amide bonds. The highest BCUT2D eigenvalue weighted by molar-refractivity contribution is 4.97. The standard InChI is InChI=1S/C12H23NO/c1-6-7-8-13(9-11(2)3)10-12(4)14-5/h6-8,11-12H,1,9-10H2,2-5H3/b8-7+/t12-/m1/s1. The fraction of sp³-hybridized carbons (Fsp3) is 0.667. The molecule has 0 bridgehead atoms. The number of hydrogen-bond donors (Lipinski definition) is 0. The summed E-state index contributed by atoms with van der Waals surface area (Å²) in [4.78, 5) is 2.26. The molecule has 0 aromatic carbocycles. The summed E-state index contributed by atoms with van der Waals surface area (Å²) in [5.74, 6) is 0.661. The van der Waals surface area contributed by atoms with Crippen LogP contribution in [0.25, 0.3) is 0 Å². The van der Waals surface area contributed by atoms with Gasteiger partial charge in [0.2, 0.25) is 0 Å². The van der Waals surface area contributed by atoms with Gasteiger partial charge in [-0.05, 0) is 25.1 Å². The molecule has 0 aromatic heterocycles. The van der Waals surface area contributed by atoms with Crippen LogP contribution in [-0.4, -0.2) is 31.2 Å². The van der Waals surface area contributed by atoms with Gasteiger partial charge in [0.15, 0.2) is 0 Å². The van der Waals surface area contributed by atoms with Crippen molar-refractivity contribution < 1.29 is 4.74 Å². The third kappa shape index (κ3) is 6.72. The van der Waals surface area contributed by atoms with Crippen LogP contribution in [0.3, 0.4) is 0 Å². The Morgan fingerprint density at radius 1 is 1.29 bits per heavy atom. The van der Waals surface area contributed by atoms with Crippen LogP contribution in [0.1, 0.15) is 20.8 Å². The molecule has 0 aliphatic rings. The van der Waals surface area contributed by atoms with Gasteiger partial charge in [-0.2, -0.15) is 0 Å². The van der Waals surface area contributed by atoms with Crippen molar-refractivity contribution in [2.45, 2.75) is 26.9 Å². The lowest BCUT2D eigenvalue weighted by molar-refractivity contribution is 0.0886. The van der Waals surface area contributed by atoms with E-state index in [1.54, 1.807) is 13.2 Å². The smallest absolute Gasteiger partial charge is 0.0717 e. The van der Waals surface area contributed by atoms with Gasteiger partial charge < -0.3 is 9.64 Å². The van der Waals surface area contributed by atoms with Crippen LogP contribution in [0.4, 0.5) is 0 Å². The molecule has 0 fully saturated rings. The fourth-order valence-corrected chi connectivity index (χ4v) is 1.25. The Labute approximate surface area is 88.2 Å². The number of nitrogens with zero attached hydrogens (tertiary/aromatic N) is 1. The first-order valence-electron chi connectivity index (χ1n) is 5.16. The molecule has 0 unspecified atom stereocenters. The van der Waals surface area contributed by atoms with Crippen LogP contribution >= 0.6 is 0 Å². The highest BCUT2D eigenvalue weighted by atomic mass is 16.5. The van der Waals surface area contributed by atoms with Gasteiger partial charge in [0.1, 0.15) is 0 Å². The highest BCUT2D eigenvalue weighted by Gasteiger charge is 2.06. The zero-order valence-electron chi connectivity index (χ0n) is 9.86. The lowest BCUT2D eigenvalue weighted by Crippen LogP contribution is -2.30. The second-order valence-electron chi connectivity index (χ2n) is 3.97. The summed E-state index contributed by atoms with van der Waals surface area (Å²) < 4.78 is 5.24. The first-order chi connectivity index (χ1) is 6.60. The maximum Gasteiger partial charge on any atom is 0.0717 e. The molecule has 2 nitrogen and oxygen atoms in total. The van der Waals surface area contributed by atoms with Crippen molar-refractivity contribution in [2.24, 2.45) is 5.92 Å². The average Bonchev–Trinajstić information content (AvgIpc) is 2.13. The van der Waals surface area contributed by atoms with E-state index in [4.69, 9.17) is 4.74 Å². The van der Waals surface area contributed by atoms with Gasteiger partial charge in [0, 0.05) is 20.2 Å². The summed E-state index contributed by atoms with van der Waals surface area (Å²) in [7, 11) is 1.75. The predicted octanol–water partition coefficient (Wildman–Crippen LogP) is 2.68. The Hall–Kier alpha value is -0.760. The van der Waals surface area contributed by atoms with Gasteiger partial charge in [0.25, 0.3) is 0 Å². The van der Waals surface area contributed by atoms with Crippen LogP contribution in [0.5, 0.6) is 0 Å². The quantitative estimate of drug-likeness (QED) is 0.582. The molecule has 0 saturated heterocycles. The van der Waals surface area contributed by atoms with Gasteiger partial charge in [-0.25, -0.2) is 0 Å². The van der Waals surface area contributed by atoms with Crippen molar-refractivity contribution in [3.05, 3.63) is 24.9 Å². The molecule has 0 spiro atoms. The van der Waals surface area contributed by atoms with E-state index in [1.165, 1.54) is 0 Å². The van der Waals surface area contributed by atoms with E-state index < -0.39 is 0 Å². The summed E-state index contributed by atoms with van der Waals surface area (Å²) in [6.45, 7) is 12.2. The molecule has 0 aliphatic carbocycles. The second kappa shape index (κ2) is 7.63. The number of methoxy groups -OCH3 is 1. The van der Waals surface area contributed by atoms with E-state index in [-0.39, 0.29) is 6.10 Å². The molecule has 2 heteroatoms. The molecule has 0 saturated carbocycles. The Kier molecular flexibility index (Phi) is 7.21. The molecule has 14 heavy (non-hydrogen) atoms. The van der Waals surface area contributed by atoms with Crippen LogP contribution in [0.15, 0.2) is 24.9 Å². The molecule has 0 heterocycles. The number of rotatable bonds is 7. The average molecular weight is 197 g/mol. The Balaban J connectivity index is 4.09. The zero-order chi connectivity index (χ0) is 11.0. The van der Waals surface area contributed by atoms with Crippen LogP contribution in [-0.2, 0) is 4.74 Å². The molecule has 0 radical (unpaired) electrons. The lowest BCUT2D eigenvalue weighted by atomic mass is 10.2. The van der Waals surface area contributed by atoms with Gasteiger partial charge >= 0.3 is 0 Å². The van der Waals surface area contributed by atoms with Crippen molar-refractivity contribution in [1.29, 1.82) is 0 Å². The van der Waals surface area contributed by atoms with Crippen molar-refractivity contribution in [1.82, 2.24) is 4.90 Å². The van der Waals surface area contributed by atoms with E-state index in [9.17, 15) is 0 Å². The molecule has 0 aliphatic heterocycles. The number of hydrogen-bond acceptors (Lipinski definition) is 2. The summed E-state index contributed by atoms with van der Waals surface area (Å²) in [6, 6.07) is 0. The summed E-state index contributed by atoms with van der Waals surface area (Å²) in [6.07, 6.45) is 6.10. The molecule has 82 valence electrons. The minimum absolute atomic E-state index is 0.267. The van der Waals surface area contributed by atoms with Crippen molar-refractivity contribution in [3.63, 3.8) is 0 Å². The van der Waals surface area contributed by atoms with Gasteiger partial charge in [0.05, 0.1) is 6.10 Å². The molecule has 0 N–H and O–H groups in total. The minimum Gasteiger partial charge on any atom is -0.380 e. The molecule has 0 rings (SSSR count). The van der Waals surface area contributed by atoms with Gasteiger partial charge in [-0.1, -0.05) is 26.5 Å². The van der Waals surface area contributed by atoms with Gasteiger partial charge in [-0.15, -0.1) is 0 Å². The minimum atomic E-state index is 0.267. The number of allylic oxidation sites excluding steroid dienone is 2. The second-order valence-corrected chi connectivity index (χ2v) is 3.97. The fourth-order valence-electron chi connectivity index (χ4n) is 1.25. The van der Waals surface area contributed by atoms with E-state index >= 15 is 0 Å². The van der Waals surface area contributed by atoms with Crippen molar-refractivity contribution in [3.8, 4) is 0 Å². The Bertz CT molecular complexity index is 175. The largest absolute Gasteiger partial charge is 0.380 e. The first-order valence-corrected chi connectivity index (χ1v) is 5.16. The Morgan fingerprint density at radius 3 is 2.36 bits per heavy atom. The van der Waals surface area contributed by atoms with Crippen LogP contribution in [0, 0.1) is 5.92 Å². The maximum absolute atomic E-state index is 5.24. The van der Waals surface area contributed by atoms with E-state index in [2.05, 4.69) is 38.5 Å². The summed E-state index contributed by atoms with van der Waals surface area (Å²) in [5.41, 5.74) is 0. The first kappa shape index (κ1) is 13.2. The van der Waals surface area contributed by atoms with Crippen molar-refractivity contribution >= 4 is 0 Å². The lowest BCUT2D eigenvalue weighted by Gasteiger charge is -2.25. The highest BCUT2D eigenvalue weighted by Crippen LogP contribution is 2.02. The van der Waals surface area contributed by atoms with E-state index in [0.717, 1.165) is 13.1 Å². The zero-order valence-corrected chi connectivity index (χ0v) is 9.86. The Morgan fingerprint density at radius 2 is 1.93 bits per heavy atom. The van der Waals surface area contributed by atoms with Crippen LogP contribution in [0.2, 0.25) is 0 Å². The number of ether oxygens (including phenoxy) is 1. The predicted molar refractivity (Wildman–Crippen MR) is 62.2 cm³/mol. The van der Waals surface area contributed by atoms with Crippen molar-refractivity contribution in [2.75, 3.05) is 20.2 Å². The van der Waals surface area contributed by atoms with Gasteiger partial charge in [-0.3, -0.25) is 0 Å². The molecule has 0 aromatic rings. The van der Waals surface area contributed by atoms with Crippen LogP contribution < -0.4 is 0 Å². The van der Waals surface area contributed by atoms with E-state index in [1.807, 2.05) is 6.08 Å². The molecular weight excluding hydrogens is 174 g/mol. The molecular formula is C12H23NO. The monoisotopic (exact) mass is 197 g/mol. The summed E-state index contributed by atoms with van der Waals surface area (Å²) in [5, 5.41) is 0. The third-order valence-corrected chi connectivity index (χ3v) is 1.93. The molecule has 1 atom stereocenters. The normalized spacial score (nSPS) is 13.5. The maximum atomic E-state index is 5.24. The summed E-state index contributed by atoms with van der Waals surface area (Å²) >= 11 is 0. The topological polar surface area (TPSA) is 12.5 Å². The third-order valence-electron chi connectivity index (χ3n) is 1.93.